The smallest absolute Gasteiger partial charge is 0.265 e. The topological polar surface area (TPSA) is 68.8 Å². The van der Waals surface area contributed by atoms with Crippen LogP contribution in [-0.2, 0) is 0 Å². The van der Waals surface area contributed by atoms with E-state index in [0.29, 0.717) is 0 Å². The first-order valence-electron chi connectivity index (χ1n) is 7.98. The average Bonchev–Trinajstić information content (AvgIpc) is 3.35. The van der Waals surface area contributed by atoms with Crippen molar-refractivity contribution in [2.75, 3.05) is 13.1 Å². The van der Waals surface area contributed by atoms with Gasteiger partial charge in [-0.25, -0.2) is 4.98 Å². The molecule has 1 saturated heterocycles. The predicted molar refractivity (Wildman–Crippen MR) is 90.4 cm³/mol. The van der Waals surface area contributed by atoms with E-state index in [9.17, 15) is 4.79 Å². The van der Waals surface area contributed by atoms with Crippen molar-refractivity contribution in [1.29, 1.82) is 0 Å². The number of aryl methyl sites for hydroxylation is 1. The number of hydrogen-bond donors (Lipinski definition) is 0. The Morgan fingerprint density at radius 1 is 1.17 bits per heavy atom. The van der Waals surface area contributed by atoms with Crippen molar-refractivity contribution in [3.8, 4) is 5.13 Å². The summed E-state index contributed by atoms with van der Waals surface area (Å²) in [6.45, 7) is 3.35. The minimum Gasteiger partial charge on any atom is -0.338 e. The van der Waals surface area contributed by atoms with Gasteiger partial charge in [0.1, 0.15) is 4.88 Å². The molecule has 4 heterocycles. The van der Waals surface area contributed by atoms with Gasteiger partial charge in [0.25, 0.3) is 5.91 Å². The highest BCUT2D eigenvalue weighted by Gasteiger charge is 2.27. The van der Waals surface area contributed by atoms with Gasteiger partial charge in [0.2, 0.25) is 0 Å². The predicted octanol–water partition coefficient (Wildman–Crippen LogP) is 2.31. The van der Waals surface area contributed by atoms with Crippen LogP contribution in [0.5, 0.6) is 0 Å². The van der Waals surface area contributed by atoms with Crippen LogP contribution in [0.15, 0.2) is 36.9 Å². The Kier molecular flexibility index (Phi) is 3.89. The van der Waals surface area contributed by atoms with E-state index in [1.165, 1.54) is 11.3 Å². The third kappa shape index (κ3) is 2.73. The maximum Gasteiger partial charge on any atom is 0.265 e. The molecule has 0 aliphatic carbocycles. The summed E-state index contributed by atoms with van der Waals surface area (Å²) in [5, 5.41) is 9.24. The van der Waals surface area contributed by atoms with E-state index in [1.54, 1.807) is 17.2 Å². The lowest BCUT2D eigenvalue weighted by Gasteiger charge is -2.31. The normalized spacial score (nSPS) is 15.8. The Hall–Kier alpha value is -2.48. The number of amides is 1. The minimum atomic E-state index is 0.0790. The second-order valence-corrected chi connectivity index (χ2v) is 6.85. The number of carbonyl (C=O) groups is 1. The first-order chi connectivity index (χ1) is 11.7. The first-order valence-corrected chi connectivity index (χ1v) is 8.80. The molecule has 0 spiro atoms. The number of hydrogen-bond acceptors (Lipinski definition) is 5. The quantitative estimate of drug-likeness (QED) is 0.732. The van der Waals surface area contributed by atoms with Crippen LogP contribution in [0.3, 0.4) is 0 Å². The van der Waals surface area contributed by atoms with Crippen molar-refractivity contribution in [3.63, 3.8) is 0 Å². The van der Waals surface area contributed by atoms with Gasteiger partial charge in [0.15, 0.2) is 5.13 Å². The third-order valence-electron chi connectivity index (χ3n) is 4.32. The van der Waals surface area contributed by atoms with Crippen LogP contribution in [0.2, 0.25) is 0 Å². The summed E-state index contributed by atoms with van der Waals surface area (Å²) in [7, 11) is 0. The number of likely N-dealkylation sites (tertiary alicyclic amines) is 1. The van der Waals surface area contributed by atoms with Gasteiger partial charge in [-0.1, -0.05) is 11.3 Å². The largest absolute Gasteiger partial charge is 0.338 e. The average molecular weight is 342 g/mol. The van der Waals surface area contributed by atoms with Crippen LogP contribution < -0.4 is 0 Å². The van der Waals surface area contributed by atoms with E-state index in [1.807, 2.05) is 40.9 Å². The van der Waals surface area contributed by atoms with E-state index >= 15 is 0 Å². The number of rotatable bonds is 3. The molecule has 3 aromatic rings. The molecule has 1 aliphatic rings. The van der Waals surface area contributed by atoms with Crippen LogP contribution >= 0.6 is 11.3 Å². The van der Waals surface area contributed by atoms with Crippen molar-refractivity contribution in [2.45, 2.75) is 25.8 Å². The monoisotopic (exact) mass is 342 g/mol. The molecule has 8 heteroatoms. The fraction of sp³-hybridized carbons (Fsp3) is 0.375. The van der Waals surface area contributed by atoms with E-state index in [4.69, 9.17) is 0 Å². The Labute approximate surface area is 143 Å². The third-order valence-corrected chi connectivity index (χ3v) is 5.48. The molecular weight excluding hydrogens is 324 g/mol. The molecule has 24 heavy (non-hydrogen) atoms. The van der Waals surface area contributed by atoms with Crippen molar-refractivity contribution in [1.82, 2.24) is 29.4 Å². The lowest BCUT2D eigenvalue weighted by molar-refractivity contribution is 0.0687. The number of carbonyl (C=O) groups excluding carboxylic acids is 1. The molecule has 1 amide bonds. The Morgan fingerprint density at radius 2 is 1.83 bits per heavy atom. The number of aromatic nitrogens is 5. The molecular formula is C16H18N6OS. The van der Waals surface area contributed by atoms with Crippen molar-refractivity contribution < 1.29 is 4.79 Å². The number of thiazole rings is 1. The van der Waals surface area contributed by atoms with Gasteiger partial charge in [-0.05, 0) is 31.9 Å². The second kappa shape index (κ2) is 6.20. The summed E-state index contributed by atoms with van der Waals surface area (Å²) in [5.41, 5.74) is 0.796. The van der Waals surface area contributed by atoms with Crippen molar-refractivity contribution in [2.24, 2.45) is 0 Å². The van der Waals surface area contributed by atoms with Crippen LogP contribution in [0.1, 0.15) is 34.2 Å². The fourth-order valence-corrected chi connectivity index (χ4v) is 4.01. The van der Waals surface area contributed by atoms with Gasteiger partial charge < -0.3 is 9.47 Å². The van der Waals surface area contributed by atoms with Crippen molar-refractivity contribution >= 4 is 17.2 Å². The van der Waals surface area contributed by atoms with Gasteiger partial charge in [-0.3, -0.25) is 4.79 Å². The summed E-state index contributed by atoms with van der Waals surface area (Å²) in [4.78, 5) is 21.8. The zero-order chi connectivity index (χ0) is 16.5. The van der Waals surface area contributed by atoms with E-state index in [-0.39, 0.29) is 11.9 Å². The lowest BCUT2D eigenvalue weighted by Crippen LogP contribution is -2.39. The number of piperidine rings is 1. The highest BCUT2D eigenvalue weighted by molar-refractivity contribution is 7.16. The van der Waals surface area contributed by atoms with E-state index in [0.717, 1.165) is 41.6 Å². The molecule has 124 valence electrons. The molecule has 0 aromatic carbocycles. The van der Waals surface area contributed by atoms with Gasteiger partial charge in [-0.2, -0.15) is 15.0 Å². The minimum absolute atomic E-state index is 0.0790. The molecule has 0 N–H and O–H groups in total. The fourth-order valence-electron chi connectivity index (χ4n) is 3.01. The highest BCUT2D eigenvalue weighted by atomic mass is 32.1. The zero-order valence-corrected chi connectivity index (χ0v) is 14.2. The molecule has 0 atom stereocenters. The molecule has 4 rings (SSSR count). The van der Waals surface area contributed by atoms with Crippen LogP contribution in [0.25, 0.3) is 5.13 Å². The molecule has 3 aromatic heterocycles. The summed E-state index contributed by atoms with van der Waals surface area (Å²) < 4.78 is 1.93. The molecule has 7 nitrogen and oxygen atoms in total. The summed E-state index contributed by atoms with van der Waals surface area (Å²) >= 11 is 1.45. The van der Waals surface area contributed by atoms with E-state index in [2.05, 4.69) is 15.2 Å². The molecule has 1 aliphatic heterocycles. The van der Waals surface area contributed by atoms with E-state index < -0.39 is 0 Å². The Balaban J connectivity index is 1.47. The Morgan fingerprint density at radius 3 is 2.50 bits per heavy atom. The maximum absolute atomic E-state index is 12.8. The van der Waals surface area contributed by atoms with Crippen LogP contribution in [-0.4, -0.2) is 48.4 Å². The molecule has 0 saturated carbocycles. The molecule has 1 fully saturated rings. The van der Waals surface area contributed by atoms with Gasteiger partial charge in [-0.15, -0.1) is 0 Å². The lowest BCUT2D eigenvalue weighted by atomic mass is 10.1. The van der Waals surface area contributed by atoms with Crippen LogP contribution in [0.4, 0.5) is 0 Å². The number of nitrogens with zero attached hydrogens (tertiary/aromatic N) is 6. The standard InChI is InChI=1S/C16H18N6OS/c1-12-14(24-16(19-12)21-8-2-3-9-21)15(23)20-10-4-13(5-11-20)22-17-6-7-18-22/h2-3,6-9,13H,4-5,10-11H2,1H3. The molecule has 0 radical (unpaired) electrons. The van der Waals surface area contributed by atoms with Crippen LogP contribution in [0, 0.1) is 6.92 Å². The van der Waals surface area contributed by atoms with Gasteiger partial charge >= 0.3 is 0 Å². The SMILES string of the molecule is Cc1nc(-n2cccc2)sc1C(=O)N1CCC(n2nccn2)CC1. The summed E-state index contributed by atoms with van der Waals surface area (Å²) in [6, 6.07) is 4.18. The maximum atomic E-state index is 12.8. The van der Waals surface area contributed by atoms with Gasteiger partial charge in [0.05, 0.1) is 24.1 Å². The summed E-state index contributed by atoms with van der Waals surface area (Å²) in [5.74, 6) is 0.0790. The highest BCUT2D eigenvalue weighted by Crippen LogP contribution is 2.26. The van der Waals surface area contributed by atoms with Gasteiger partial charge in [0, 0.05) is 25.5 Å². The zero-order valence-electron chi connectivity index (χ0n) is 13.4. The Bertz CT molecular complexity index is 815. The summed E-state index contributed by atoms with van der Waals surface area (Å²) in [6.07, 6.45) is 9.03. The first kappa shape index (κ1) is 15.1. The second-order valence-electron chi connectivity index (χ2n) is 5.87. The molecule has 0 unspecified atom stereocenters. The van der Waals surface area contributed by atoms with Crippen molar-refractivity contribution in [3.05, 3.63) is 47.5 Å². The molecule has 0 bridgehead atoms.